The Labute approximate surface area is 102 Å². The second-order valence-electron chi connectivity index (χ2n) is 4.94. The maximum Gasteiger partial charge on any atom is 0.320 e. The van der Waals surface area contributed by atoms with Gasteiger partial charge in [-0.15, -0.1) is 0 Å². The standard InChI is InChI=1S/C12H20N4O/c1-10-4-3-5-16(8-10)12(17)15(2)9-11-6-13-14-7-11/h6-7,10H,3-5,8-9H2,1-2H3,(H,13,14). The molecule has 5 heteroatoms. The molecule has 0 aliphatic carbocycles. The van der Waals surface area contributed by atoms with Crippen LogP contribution in [0.3, 0.4) is 0 Å². The molecule has 2 heterocycles. The summed E-state index contributed by atoms with van der Waals surface area (Å²) in [4.78, 5) is 15.9. The van der Waals surface area contributed by atoms with Crippen LogP contribution < -0.4 is 0 Å². The van der Waals surface area contributed by atoms with E-state index in [0.29, 0.717) is 12.5 Å². The van der Waals surface area contributed by atoms with Gasteiger partial charge in [-0.1, -0.05) is 6.92 Å². The van der Waals surface area contributed by atoms with Gasteiger partial charge in [0.05, 0.1) is 12.7 Å². The second kappa shape index (κ2) is 5.21. The predicted molar refractivity (Wildman–Crippen MR) is 65.4 cm³/mol. The van der Waals surface area contributed by atoms with Crippen molar-refractivity contribution in [3.63, 3.8) is 0 Å². The lowest BCUT2D eigenvalue weighted by Crippen LogP contribution is -2.45. The van der Waals surface area contributed by atoms with E-state index in [4.69, 9.17) is 0 Å². The molecule has 17 heavy (non-hydrogen) atoms. The highest BCUT2D eigenvalue weighted by molar-refractivity contribution is 5.74. The van der Waals surface area contributed by atoms with Gasteiger partial charge < -0.3 is 9.80 Å². The molecule has 1 saturated heterocycles. The van der Waals surface area contributed by atoms with Crippen LogP contribution in [0.1, 0.15) is 25.3 Å². The molecule has 0 saturated carbocycles. The SMILES string of the molecule is CC1CCCN(C(=O)N(C)Cc2cn[nH]c2)C1. The third-order valence-corrected chi connectivity index (χ3v) is 3.23. The van der Waals surface area contributed by atoms with Gasteiger partial charge in [0.2, 0.25) is 0 Å². The van der Waals surface area contributed by atoms with Crippen molar-refractivity contribution in [1.29, 1.82) is 0 Å². The number of nitrogens with one attached hydrogen (secondary N) is 1. The van der Waals surface area contributed by atoms with E-state index >= 15 is 0 Å². The van der Waals surface area contributed by atoms with E-state index in [1.807, 2.05) is 18.1 Å². The van der Waals surface area contributed by atoms with Crippen molar-refractivity contribution in [2.45, 2.75) is 26.3 Å². The van der Waals surface area contributed by atoms with Crippen LogP contribution >= 0.6 is 0 Å². The number of amides is 2. The van der Waals surface area contributed by atoms with E-state index in [2.05, 4.69) is 17.1 Å². The molecule has 0 bridgehead atoms. The van der Waals surface area contributed by atoms with Gasteiger partial charge in [-0.3, -0.25) is 5.10 Å². The maximum atomic E-state index is 12.2. The van der Waals surface area contributed by atoms with Gasteiger partial charge >= 0.3 is 6.03 Å². The molecule has 1 N–H and O–H groups in total. The van der Waals surface area contributed by atoms with Crippen molar-refractivity contribution in [2.24, 2.45) is 5.92 Å². The normalized spacial score (nSPS) is 20.4. The topological polar surface area (TPSA) is 52.2 Å². The number of hydrogen-bond acceptors (Lipinski definition) is 2. The van der Waals surface area contributed by atoms with Gasteiger partial charge in [-0.25, -0.2) is 4.79 Å². The number of rotatable bonds is 2. The Kier molecular flexibility index (Phi) is 3.66. The zero-order valence-electron chi connectivity index (χ0n) is 10.5. The van der Waals surface area contributed by atoms with E-state index in [-0.39, 0.29) is 6.03 Å². The summed E-state index contributed by atoms with van der Waals surface area (Å²) < 4.78 is 0. The van der Waals surface area contributed by atoms with Crippen molar-refractivity contribution in [2.75, 3.05) is 20.1 Å². The molecule has 1 unspecified atom stereocenters. The predicted octanol–water partition coefficient (Wildman–Crippen LogP) is 1.69. The van der Waals surface area contributed by atoms with Crippen LogP contribution in [0, 0.1) is 5.92 Å². The maximum absolute atomic E-state index is 12.2. The van der Waals surface area contributed by atoms with Gasteiger partial charge in [-0.05, 0) is 18.8 Å². The summed E-state index contributed by atoms with van der Waals surface area (Å²) >= 11 is 0. The third-order valence-electron chi connectivity index (χ3n) is 3.23. The summed E-state index contributed by atoms with van der Waals surface area (Å²) in [5.74, 6) is 0.620. The monoisotopic (exact) mass is 236 g/mol. The van der Waals surface area contributed by atoms with Gasteiger partial charge in [0.25, 0.3) is 0 Å². The molecular weight excluding hydrogens is 216 g/mol. The summed E-state index contributed by atoms with van der Waals surface area (Å²) in [6.07, 6.45) is 5.92. The lowest BCUT2D eigenvalue weighted by Gasteiger charge is -2.33. The summed E-state index contributed by atoms with van der Waals surface area (Å²) in [6.45, 7) is 4.59. The Bertz CT molecular complexity index is 363. The molecule has 94 valence electrons. The first-order valence-electron chi connectivity index (χ1n) is 6.14. The molecule has 2 amide bonds. The number of aromatic amines is 1. The van der Waals surface area contributed by atoms with E-state index in [0.717, 1.165) is 25.1 Å². The minimum absolute atomic E-state index is 0.123. The highest BCUT2D eigenvalue weighted by Gasteiger charge is 2.23. The Morgan fingerprint density at radius 3 is 3.18 bits per heavy atom. The highest BCUT2D eigenvalue weighted by Crippen LogP contribution is 2.17. The molecule has 1 aliphatic rings. The number of H-pyrrole nitrogens is 1. The van der Waals surface area contributed by atoms with Crippen molar-refractivity contribution < 1.29 is 4.79 Å². The van der Waals surface area contributed by atoms with E-state index in [9.17, 15) is 4.79 Å². The molecule has 1 atom stereocenters. The van der Waals surface area contributed by atoms with Gasteiger partial charge in [0.1, 0.15) is 0 Å². The lowest BCUT2D eigenvalue weighted by molar-refractivity contribution is 0.137. The minimum Gasteiger partial charge on any atom is -0.324 e. The number of nitrogens with zero attached hydrogens (tertiary/aromatic N) is 3. The molecule has 2 rings (SSSR count). The fourth-order valence-electron chi connectivity index (χ4n) is 2.31. The van der Waals surface area contributed by atoms with Crippen molar-refractivity contribution >= 4 is 6.03 Å². The molecule has 1 fully saturated rings. The van der Waals surface area contributed by atoms with Crippen LogP contribution in [0.4, 0.5) is 4.79 Å². The van der Waals surface area contributed by atoms with E-state index < -0.39 is 0 Å². The number of piperidine rings is 1. The van der Waals surface area contributed by atoms with Crippen LogP contribution in [0.2, 0.25) is 0 Å². The smallest absolute Gasteiger partial charge is 0.320 e. The zero-order valence-corrected chi connectivity index (χ0v) is 10.5. The van der Waals surface area contributed by atoms with Gasteiger partial charge in [0, 0.05) is 31.9 Å². The van der Waals surface area contributed by atoms with E-state index in [1.165, 1.54) is 6.42 Å². The molecule has 1 aromatic heterocycles. The minimum atomic E-state index is 0.123. The summed E-state index contributed by atoms with van der Waals surface area (Å²) in [6, 6.07) is 0.123. The molecule has 1 aromatic rings. The first kappa shape index (κ1) is 12.0. The molecule has 0 aromatic carbocycles. The Hall–Kier alpha value is -1.52. The van der Waals surface area contributed by atoms with Crippen LogP contribution in [0.15, 0.2) is 12.4 Å². The second-order valence-corrected chi connectivity index (χ2v) is 4.94. The first-order valence-corrected chi connectivity index (χ1v) is 6.14. The van der Waals surface area contributed by atoms with Crippen LogP contribution in [0.5, 0.6) is 0 Å². The molecule has 1 aliphatic heterocycles. The van der Waals surface area contributed by atoms with Gasteiger partial charge in [0.15, 0.2) is 0 Å². The van der Waals surface area contributed by atoms with Crippen molar-refractivity contribution in [1.82, 2.24) is 20.0 Å². The van der Waals surface area contributed by atoms with Crippen molar-refractivity contribution in [3.8, 4) is 0 Å². The molecular formula is C12H20N4O. The number of aromatic nitrogens is 2. The molecule has 0 spiro atoms. The number of likely N-dealkylation sites (tertiary alicyclic amines) is 1. The zero-order chi connectivity index (χ0) is 12.3. The fourth-order valence-corrected chi connectivity index (χ4v) is 2.31. The summed E-state index contributed by atoms with van der Waals surface area (Å²) in [7, 11) is 1.84. The largest absolute Gasteiger partial charge is 0.324 e. The van der Waals surface area contributed by atoms with Gasteiger partial charge in [-0.2, -0.15) is 5.10 Å². The van der Waals surface area contributed by atoms with Crippen LogP contribution in [-0.4, -0.2) is 46.2 Å². The Morgan fingerprint density at radius 1 is 1.71 bits per heavy atom. The average molecular weight is 236 g/mol. The third kappa shape index (κ3) is 2.99. The number of hydrogen-bond donors (Lipinski definition) is 1. The molecule has 0 radical (unpaired) electrons. The van der Waals surface area contributed by atoms with Crippen LogP contribution in [-0.2, 0) is 6.54 Å². The summed E-state index contributed by atoms with van der Waals surface area (Å²) in [5.41, 5.74) is 1.03. The van der Waals surface area contributed by atoms with Crippen molar-refractivity contribution in [3.05, 3.63) is 18.0 Å². The first-order chi connectivity index (χ1) is 8.16. The average Bonchev–Trinajstić information content (AvgIpc) is 2.80. The highest BCUT2D eigenvalue weighted by atomic mass is 16.2. The Morgan fingerprint density at radius 2 is 2.53 bits per heavy atom. The summed E-state index contributed by atoms with van der Waals surface area (Å²) in [5, 5.41) is 6.64. The number of carbonyl (C=O) groups is 1. The quantitative estimate of drug-likeness (QED) is 0.849. The molecule has 5 nitrogen and oxygen atoms in total. The van der Waals surface area contributed by atoms with E-state index in [1.54, 1.807) is 11.1 Å². The fraction of sp³-hybridized carbons (Fsp3) is 0.667. The Balaban J connectivity index is 1.90. The number of carbonyl (C=O) groups excluding carboxylic acids is 1. The van der Waals surface area contributed by atoms with Crippen LogP contribution in [0.25, 0.3) is 0 Å². The lowest BCUT2D eigenvalue weighted by atomic mass is 10.0. The number of urea groups is 1.